The molecule has 0 saturated heterocycles. The summed E-state index contributed by atoms with van der Waals surface area (Å²) >= 11 is 0. The van der Waals surface area contributed by atoms with Crippen molar-refractivity contribution in [2.24, 2.45) is 40.4 Å². The molecule has 0 spiro atoms. The third-order valence-corrected chi connectivity index (χ3v) is 9.45. The fourth-order valence-corrected chi connectivity index (χ4v) is 8.04. The minimum atomic E-state index is -0.153. The number of esters is 1. The number of ketones is 1. The molecule has 0 heterocycles. The molecule has 0 amide bonds. The predicted molar refractivity (Wildman–Crippen MR) is 106 cm³/mol. The SMILES string of the molecule is CC(=O)OC1CC2=CC[C@H]3[C@@H]4CC[C@H](C(C)=O)[C@@]4(C)CC[C@@H]3[C@@]2(C)C(C)C1. The summed E-state index contributed by atoms with van der Waals surface area (Å²) in [5.74, 6) is 3.19. The maximum Gasteiger partial charge on any atom is 0.302 e. The lowest BCUT2D eigenvalue weighted by Crippen LogP contribution is -2.53. The number of carbonyl (C=O) groups is 2. The van der Waals surface area contributed by atoms with Crippen molar-refractivity contribution in [3.8, 4) is 0 Å². The minimum absolute atomic E-state index is 0.0517. The lowest BCUT2D eigenvalue weighted by atomic mass is 9.45. The van der Waals surface area contributed by atoms with E-state index in [0.717, 1.165) is 37.5 Å². The van der Waals surface area contributed by atoms with Gasteiger partial charge in [-0.2, -0.15) is 0 Å². The zero-order valence-electron chi connectivity index (χ0n) is 17.7. The van der Waals surface area contributed by atoms with E-state index in [4.69, 9.17) is 4.74 Å². The van der Waals surface area contributed by atoms with E-state index in [9.17, 15) is 9.59 Å². The maximum atomic E-state index is 12.3. The Kier molecular flexibility index (Phi) is 4.59. The van der Waals surface area contributed by atoms with E-state index in [0.29, 0.717) is 17.6 Å². The van der Waals surface area contributed by atoms with Crippen LogP contribution in [0.3, 0.4) is 0 Å². The molecule has 4 rings (SSSR count). The molecular weight excluding hydrogens is 336 g/mol. The van der Waals surface area contributed by atoms with Gasteiger partial charge in [0.05, 0.1) is 0 Å². The number of carbonyl (C=O) groups excluding carboxylic acids is 2. The Morgan fingerprint density at radius 1 is 1.11 bits per heavy atom. The van der Waals surface area contributed by atoms with Gasteiger partial charge in [-0.25, -0.2) is 0 Å². The van der Waals surface area contributed by atoms with Crippen molar-refractivity contribution in [1.82, 2.24) is 0 Å². The van der Waals surface area contributed by atoms with E-state index < -0.39 is 0 Å². The van der Waals surface area contributed by atoms with Crippen molar-refractivity contribution in [2.75, 3.05) is 0 Å². The Hall–Kier alpha value is -1.12. The van der Waals surface area contributed by atoms with E-state index in [1.54, 1.807) is 5.57 Å². The van der Waals surface area contributed by atoms with Gasteiger partial charge in [0.15, 0.2) is 0 Å². The molecule has 0 aromatic carbocycles. The Morgan fingerprint density at radius 2 is 1.85 bits per heavy atom. The van der Waals surface area contributed by atoms with Crippen molar-refractivity contribution < 1.29 is 14.3 Å². The summed E-state index contributed by atoms with van der Waals surface area (Å²) in [7, 11) is 0. The molecule has 27 heavy (non-hydrogen) atoms. The van der Waals surface area contributed by atoms with E-state index in [2.05, 4.69) is 26.8 Å². The van der Waals surface area contributed by atoms with Crippen molar-refractivity contribution in [2.45, 2.75) is 85.7 Å². The Morgan fingerprint density at radius 3 is 2.52 bits per heavy atom. The van der Waals surface area contributed by atoms with E-state index in [1.165, 1.54) is 26.2 Å². The first-order valence-electron chi connectivity index (χ1n) is 11.0. The van der Waals surface area contributed by atoms with Gasteiger partial charge in [0.2, 0.25) is 0 Å². The number of fused-ring (bicyclic) bond motifs is 5. The van der Waals surface area contributed by atoms with Crippen molar-refractivity contribution in [3.05, 3.63) is 11.6 Å². The van der Waals surface area contributed by atoms with E-state index in [1.807, 2.05) is 6.92 Å². The molecule has 3 saturated carbocycles. The second kappa shape index (κ2) is 6.46. The van der Waals surface area contributed by atoms with Crippen LogP contribution in [0, 0.1) is 40.4 Å². The van der Waals surface area contributed by atoms with Gasteiger partial charge in [0, 0.05) is 19.3 Å². The van der Waals surface area contributed by atoms with Crippen LogP contribution in [0.5, 0.6) is 0 Å². The molecule has 3 fully saturated rings. The topological polar surface area (TPSA) is 43.4 Å². The number of ether oxygens (including phenoxy) is 1. The van der Waals surface area contributed by atoms with Crippen molar-refractivity contribution in [1.29, 1.82) is 0 Å². The molecule has 0 aromatic heterocycles. The normalized spacial score (nSPS) is 48.7. The average Bonchev–Trinajstić information content (AvgIpc) is 2.93. The molecule has 0 bridgehead atoms. The third kappa shape index (κ3) is 2.75. The van der Waals surface area contributed by atoms with E-state index >= 15 is 0 Å². The number of rotatable bonds is 2. The molecule has 8 atom stereocenters. The van der Waals surface area contributed by atoms with Crippen molar-refractivity contribution >= 4 is 11.8 Å². The smallest absolute Gasteiger partial charge is 0.302 e. The van der Waals surface area contributed by atoms with Crippen LogP contribution >= 0.6 is 0 Å². The molecule has 0 N–H and O–H groups in total. The maximum absolute atomic E-state index is 12.3. The molecule has 2 unspecified atom stereocenters. The highest BCUT2D eigenvalue weighted by molar-refractivity contribution is 5.79. The van der Waals surface area contributed by atoms with Gasteiger partial charge in [0.1, 0.15) is 11.9 Å². The standard InChI is InChI=1S/C24H36O3/c1-14-12-18(27-16(3)26)13-17-6-7-19-21-9-8-20(15(2)25)23(21,4)11-10-22(19)24(14,17)5/h6,14,18-22H,7-13H2,1-5H3/t14?,18?,19-,20+,21-,22-,23+,24-/m0/s1. The minimum Gasteiger partial charge on any atom is -0.462 e. The van der Waals surface area contributed by atoms with Gasteiger partial charge in [-0.3, -0.25) is 9.59 Å². The molecule has 4 aliphatic rings. The summed E-state index contributed by atoms with van der Waals surface area (Å²) in [5, 5.41) is 0. The summed E-state index contributed by atoms with van der Waals surface area (Å²) in [6, 6.07) is 0. The molecular formula is C24H36O3. The molecule has 3 nitrogen and oxygen atoms in total. The second-order valence-electron chi connectivity index (χ2n) is 10.5. The van der Waals surface area contributed by atoms with Crippen LogP contribution < -0.4 is 0 Å². The van der Waals surface area contributed by atoms with Crippen LogP contribution in [-0.2, 0) is 14.3 Å². The molecule has 0 aliphatic heterocycles. The monoisotopic (exact) mass is 372 g/mol. The van der Waals surface area contributed by atoms with Gasteiger partial charge >= 0.3 is 5.97 Å². The summed E-state index contributed by atoms with van der Waals surface area (Å²) in [5.41, 5.74) is 1.99. The number of allylic oxidation sites excluding steroid dienone is 1. The predicted octanol–water partition coefficient (Wildman–Crippen LogP) is 5.33. The van der Waals surface area contributed by atoms with Crippen LogP contribution in [0.25, 0.3) is 0 Å². The summed E-state index contributed by atoms with van der Waals surface area (Å²) < 4.78 is 5.60. The number of hydrogen-bond acceptors (Lipinski definition) is 3. The highest BCUT2D eigenvalue weighted by atomic mass is 16.5. The first kappa shape index (κ1) is 19.2. The summed E-state index contributed by atoms with van der Waals surface area (Å²) in [6.45, 7) is 10.6. The molecule has 0 aromatic rings. The zero-order valence-corrected chi connectivity index (χ0v) is 17.7. The number of Topliss-reactive ketones (excluding diaryl/α,β-unsaturated/α-hetero) is 1. The van der Waals surface area contributed by atoms with Crippen LogP contribution in [0.2, 0.25) is 0 Å². The molecule has 3 heteroatoms. The quantitative estimate of drug-likeness (QED) is 0.486. The third-order valence-electron chi connectivity index (χ3n) is 9.45. The summed E-state index contributed by atoms with van der Waals surface area (Å²) in [4.78, 5) is 23.7. The second-order valence-corrected chi connectivity index (χ2v) is 10.5. The summed E-state index contributed by atoms with van der Waals surface area (Å²) in [6.07, 6.45) is 10.4. The van der Waals surface area contributed by atoms with Crippen LogP contribution in [0.4, 0.5) is 0 Å². The molecule has 4 aliphatic carbocycles. The molecule has 0 radical (unpaired) electrons. The van der Waals surface area contributed by atoms with Gasteiger partial charge in [0.25, 0.3) is 0 Å². The van der Waals surface area contributed by atoms with Crippen molar-refractivity contribution in [3.63, 3.8) is 0 Å². The lowest BCUT2D eigenvalue weighted by Gasteiger charge is -2.60. The Bertz CT molecular complexity index is 679. The number of hydrogen-bond donors (Lipinski definition) is 0. The zero-order chi connectivity index (χ0) is 19.6. The van der Waals surface area contributed by atoms with Crippen LogP contribution in [0.15, 0.2) is 11.6 Å². The fraction of sp³-hybridized carbons (Fsp3) is 0.833. The Labute approximate surface area is 164 Å². The van der Waals surface area contributed by atoms with Gasteiger partial charge < -0.3 is 4.74 Å². The highest BCUT2D eigenvalue weighted by Crippen LogP contribution is 2.67. The van der Waals surface area contributed by atoms with Crippen LogP contribution in [-0.4, -0.2) is 17.9 Å². The van der Waals surface area contributed by atoms with Crippen LogP contribution in [0.1, 0.15) is 79.6 Å². The highest BCUT2D eigenvalue weighted by Gasteiger charge is 2.60. The average molecular weight is 373 g/mol. The lowest BCUT2D eigenvalue weighted by molar-refractivity contribution is -0.151. The first-order chi connectivity index (χ1) is 12.7. The molecule has 150 valence electrons. The van der Waals surface area contributed by atoms with Gasteiger partial charge in [-0.15, -0.1) is 0 Å². The first-order valence-corrected chi connectivity index (χ1v) is 11.0. The van der Waals surface area contributed by atoms with Gasteiger partial charge in [-0.05, 0) is 80.0 Å². The van der Waals surface area contributed by atoms with Gasteiger partial charge in [-0.1, -0.05) is 32.4 Å². The van der Waals surface area contributed by atoms with E-state index in [-0.39, 0.29) is 28.8 Å². The largest absolute Gasteiger partial charge is 0.462 e. The Balaban J connectivity index is 1.63. The fourth-order valence-electron chi connectivity index (χ4n) is 8.04.